The van der Waals surface area contributed by atoms with Gasteiger partial charge in [0.2, 0.25) is 0 Å². The van der Waals surface area contributed by atoms with Crippen LogP contribution in [-0.4, -0.2) is 6.61 Å². The van der Waals surface area contributed by atoms with Gasteiger partial charge in [-0.1, -0.05) is 90.2 Å². The molecule has 0 aromatic heterocycles. The number of hydrogen-bond donors (Lipinski definition) is 0. The zero-order valence-corrected chi connectivity index (χ0v) is 18.6. The molecule has 0 saturated heterocycles. The summed E-state index contributed by atoms with van der Waals surface area (Å²) in [6, 6.07) is 8.95. The van der Waals surface area contributed by atoms with Crippen LogP contribution in [0.15, 0.2) is 24.3 Å². The Kier molecular flexibility index (Phi) is 9.22. The van der Waals surface area contributed by atoms with E-state index in [-0.39, 0.29) is 0 Å². The fourth-order valence-corrected chi connectivity index (χ4v) is 5.52. The van der Waals surface area contributed by atoms with Gasteiger partial charge < -0.3 is 4.74 Å². The van der Waals surface area contributed by atoms with E-state index in [1.807, 2.05) is 0 Å². The second-order valence-corrected chi connectivity index (χ2v) is 9.97. The van der Waals surface area contributed by atoms with Crippen molar-refractivity contribution in [3.05, 3.63) is 29.8 Å². The molecule has 3 rings (SSSR count). The zero-order valence-electron chi connectivity index (χ0n) is 18.6. The lowest BCUT2D eigenvalue weighted by Gasteiger charge is -2.28. The van der Waals surface area contributed by atoms with Gasteiger partial charge in [-0.15, -0.1) is 0 Å². The van der Waals surface area contributed by atoms with Crippen LogP contribution in [0.1, 0.15) is 103 Å². The van der Waals surface area contributed by atoms with Crippen molar-refractivity contribution in [2.24, 2.45) is 23.7 Å². The van der Waals surface area contributed by atoms with Crippen LogP contribution in [0.2, 0.25) is 0 Å². The highest BCUT2D eigenvalue weighted by molar-refractivity contribution is 5.27. The Hall–Kier alpha value is -0.980. The summed E-state index contributed by atoms with van der Waals surface area (Å²) < 4.78 is 6.02. The van der Waals surface area contributed by atoms with Crippen LogP contribution < -0.4 is 4.74 Å². The molecule has 2 aliphatic rings. The quantitative estimate of drug-likeness (QED) is 0.369. The molecule has 158 valence electrons. The van der Waals surface area contributed by atoms with E-state index < -0.39 is 0 Å². The lowest BCUT2D eigenvalue weighted by molar-refractivity contribution is 0.230. The minimum Gasteiger partial charge on any atom is -0.494 e. The lowest BCUT2D eigenvalue weighted by Crippen LogP contribution is -2.15. The van der Waals surface area contributed by atoms with Crippen LogP contribution in [0.4, 0.5) is 0 Å². The van der Waals surface area contributed by atoms with Crippen molar-refractivity contribution in [2.75, 3.05) is 6.61 Å². The smallest absolute Gasteiger partial charge is 0.119 e. The molecule has 1 aromatic rings. The highest BCUT2D eigenvalue weighted by Gasteiger charge is 2.20. The van der Waals surface area contributed by atoms with E-state index in [2.05, 4.69) is 38.1 Å². The van der Waals surface area contributed by atoms with Gasteiger partial charge in [0.05, 0.1) is 6.61 Å². The Bertz CT molecular complexity index is 518. The third-order valence-electron chi connectivity index (χ3n) is 7.59. The predicted octanol–water partition coefficient (Wildman–Crippen LogP) is 8.21. The summed E-state index contributed by atoms with van der Waals surface area (Å²) in [5.74, 6) is 4.97. The van der Waals surface area contributed by atoms with E-state index in [1.165, 1.54) is 95.5 Å². The van der Waals surface area contributed by atoms with Gasteiger partial charge in [0.1, 0.15) is 5.75 Å². The Morgan fingerprint density at radius 2 is 1.32 bits per heavy atom. The lowest BCUT2D eigenvalue weighted by atomic mass is 9.78. The van der Waals surface area contributed by atoms with Crippen LogP contribution in [0, 0.1) is 23.7 Å². The molecule has 2 aliphatic carbocycles. The predicted molar refractivity (Wildman–Crippen MR) is 121 cm³/mol. The largest absolute Gasteiger partial charge is 0.494 e. The van der Waals surface area contributed by atoms with Crippen molar-refractivity contribution >= 4 is 0 Å². The van der Waals surface area contributed by atoms with Gasteiger partial charge in [-0.3, -0.25) is 0 Å². The first-order chi connectivity index (χ1) is 13.7. The third kappa shape index (κ3) is 7.45. The third-order valence-corrected chi connectivity index (χ3v) is 7.59. The average Bonchev–Trinajstić information content (AvgIpc) is 2.73. The summed E-state index contributed by atoms with van der Waals surface area (Å²) in [5.41, 5.74) is 1.48. The zero-order chi connectivity index (χ0) is 19.6. The van der Waals surface area contributed by atoms with Gasteiger partial charge in [0, 0.05) is 0 Å². The van der Waals surface area contributed by atoms with Crippen LogP contribution in [0.25, 0.3) is 0 Å². The number of rotatable bonds is 10. The van der Waals surface area contributed by atoms with Crippen LogP contribution in [-0.2, 0) is 6.42 Å². The molecule has 0 N–H and O–H groups in total. The van der Waals surface area contributed by atoms with Crippen molar-refractivity contribution in [2.45, 2.75) is 104 Å². The molecule has 0 bridgehead atoms. The van der Waals surface area contributed by atoms with Gasteiger partial charge in [-0.25, -0.2) is 0 Å². The normalized spacial score (nSPS) is 28.2. The van der Waals surface area contributed by atoms with Crippen molar-refractivity contribution in [1.82, 2.24) is 0 Å². The second-order valence-electron chi connectivity index (χ2n) is 9.97. The number of benzene rings is 1. The van der Waals surface area contributed by atoms with Gasteiger partial charge in [0.15, 0.2) is 0 Å². The molecule has 0 unspecified atom stereocenters. The second kappa shape index (κ2) is 11.9. The summed E-state index contributed by atoms with van der Waals surface area (Å²) >= 11 is 0. The molecular formula is C27H44O. The van der Waals surface area contributed by atoms with Crippen LogP contribution in [0.5, 0.6) is 5.75 Å². The molecule has 2 saturated carbocycles. The molecule has 0 atom stereocenters. The van der Waals surface area contributed by atoms with E-state index in [0.29, 0.717) is 0 Å². The highest BCUT2D eigenvalue weighted by atomic mass is 16.5. The maximum Gasteiger partial charge on any atom is 0.119 e. The molecular weight excluding hydrogens is 340 g/mol. The van der Waals surface area contributed by atoms with E-state index >= 15 is 0 Å². The molecule has 0 radical (unpaired) electrons. The van der Waals surface area contributed by atoms with E-state index in [4.69, 9.17) is 4.74 Å². The first-order valence-electron chi connectivity index (χ1n) is 12.4. The molecule has 0 spiro atoms. The van der Waals surface area contributed by atoms with Crippen molar-refractivity contribution in [3.8, 4) is 5.75 Å². The number of ether oxygens (including phenoxy) is 1. The fourth-order valence-electron chi connectivity index (χ4n) is 5.52. The summed E-state index contributed by atoms with van der Waals surface area (Å²) in [5, 5.41) is 0. The minimum atomic E-state index is 0.883. The maximum absolute atomic E-state index is 6.02. The molecule has 0 aliphatic heterocycles. The summed E-state index contributed by atoms with van der Waals surface area (Å²) in [6.07, 6.45) is 19.6. The Labute approximate surface area is 174 Å². The maximum atomic E-state index is 6.02. The molecule has 0 amide bonds. The van der Waals surface area contributed by atoms with Crippen molar-refractivity contribution in [1.29, 1.82) is 0 Å². The fraction of sp³-hybridized carbons (Fsp3) is 0.778. The molecule has 2 fully saturated rings. The Balaban J connectivity index is 1.26. The minimum absolute atomic E-state index is 0.883. The molecule has 1 heteroatoms. The van der Waals surface area contributed by atoms with E-state index in [1.54, 1.807) is 0 Å². The first-order valence-corrected chi connectivity index (χ1v) is 12.4. The topological polar surface area (TPSA) is 9.23 Å². The van der Waals surface area contributed by atoms with Gasteiger partial charge in [0.25, 0.3) is 0 Å². The van der Waals surface area contributed by atoms with E-state index in [9.17, 15) is 0 Å². The van der Waals surface area contributed by atoms with Crippen molar-refractivity contribution < 1.29 is 4.74 Å². The SMILES string of the molecule is CCCC1CCC(CCCOc2ccc(CCC3CCC(C)CC3)cc2)CC1. The van der Waals surface area contributed by atoms with Gasteiger partial charge >= 0.3 is 0 Å². The van der Waals surface area contributed by atoms with E-state index in [0.717, 1.165) is 36.0 Å². The average molecular weight is 385 g/mol. The molecule has 0 heterocycles. The number of hydrogen-bond acceptors (Lipinski definition) is 1. The first kappa shape index (κ1) is 21.7. The Morgan fingerprint density at radius 3 is 1.96 bits per heavy atom. The number of aryl methyl sites for hydroxylation is 1. The van der Waals surface area contributed by atoms with Gasteiger partial charge in [-0.2, -0.15) is 0 Å². The summed E-state index contributed by atoms with van der Waals surface area (Å²) in [4.78, 5) is 0. The van der Waals surface area contributed by atoms with Crippen molar-refractivity contribution in [3.63, 3.8) is 0 Å². The highest BCUT2D eigenvalue weighted by Crippen LogP contribution is 2.34. The Morgan fingerprint density at radius 1 is 0.750 bits per heavy atom. The van der Waals surface area contributed by atoms with Crippen LogP contribution in [0.3, 0.4) is 0 Å². The summed E-state index contributed by atoms with van der Waals surface area (Å²) in [7, 11) is 0. The molecule has 1 nitrogen and oxygen atoms in total. The van der Waals surface area contributed by atoms with Gasteiger partial charge in [-0.05, 0) is 67.1 Å². The summed E-state index contributed by atoms with van der Waals surface area (Å²) in [6.45, 7) is 5.62. The standard InChI is InChI=1S/C27H44O/c1-3-5-23-11-13-24(14-12-23)6-4-21-28-27-19-17-26(18-20-27)16-15-25-9-7-22(2)8-10-25/h17-20,22-25H,3-16,21H2,1-2H3. The molecule has 1 aromatic carbocycles. The monoisotopic (exact) mass is 384 g/mol. The van der Waals surface area contributed by atoms with Crippen LogP contribution >= 0.6 is 0 Å². The molecule has 28 heavy (non-hydrogen) atoms.